The van der Waals surface area contributed by atoms with Crippen molar-refractivity contribution in [3.63, 3.8) is 0 Å². The molecule has 0 spiro atoms. The third kappa shape index (κ3) is 3.29. The molecule has 0 aliphatic carbocycles. The van der Waals surface area contributed by atoms with E-state index in [0.717, 1.165) is 28.2 Å². The van der Waals surface area contributed by atoms with Crippen LogP contribution in [-0.2, 0) is 6.61 Å². The Hall–Kier alpha value is -2.74. The lowest BCUT2D eigenvalue weighted by atomic mass is 10.1. The predicted molar refractivity (Wildman–Crippen MR) is 89.2 cm³/mol. The van der Waals surface area contributed by atoms with Crippen LogP contribution in [0.5, 0.6) is 11.5 Å². The van der Waals surface area contributed by atoms with Crippen LogP contribution >= 0.6 is 0 Å². The number of hydrogen-bond acceptors (Lipinski definition) is 2. The summed E-state index contributed by atoms with van der Waals surface area (Å²) in [7, 11) is 1.66. The van der Waals surface area contributed by atoms with E-state index in [2.05, 4.69) is 12.1 Å². The summed E-state index contributed by atoms with van der Waals surface area (Å²) in [4.78, 5) is 0. The van der Waals surface area contributed by atoms with Crippen LogP contribution < -0.4 is 9.47 Å². The molecule has 0 saturated heterocycles. The standard InChI is InChI=1S/C20H18O2/c1-21-19-13-12-18(17-10-6-3-7-11-17)14-20(19)22-15-16-8-4-2-5-9-16/h2-14H,15H2,1H3. The lowest BCUT2D eigenvalue weighted by molar-refractivity contribution is 0.284. The zero-order chi connectivity index (χ0) is 15.2. The van der Waals surface area contributed by atoms with Crippen LogP contribution in [0.1, 0.15) is 5.56 Å². The molecule has 3 aromatic rings. The highest BCUT2D eigenvalue weighted by Gasteiger charge is 2.07. The van der Waals surface area contributed by atoms with E-state index in [0.29, 0.717) is 6.61 Å². The van der Waals surface area contributed by atoms with Gasteiger partial charge in [0.2, 0.25) is 0 Å². The maximum absolute atomic E-state index is 5.95. The summed E-state index contributed by atoms with van der Waals surface area (Å²) < 4.78 is 11.4. The van der Waals surface area contributed by atoms with Gasteiger partial charge in [-0.1, -0.05) is 66.7 Å². The second-order valence-electron chi connectivity index (χ2n) is 5.01. The molecule has 0 amide bonds. The van der Waals surface area contributed by atoms with Crippen LogP contribution in [0.25, 0.3) is 11.1 Å². The SMILES string of the molecule is COc1ccc(-c2ccccc2)cc1OCc1ccccc1. The van der Waals surface area contributed by atoms with Gasteiger partial charge in [0.05, 0.1) is 7.11 Å². The molecule has 0 saturated carbocycles. The molecule has 3 rings (SSSR count). The van der Waals surface area contributed by atoms with Gasteiger partial charge in [0.1, 0.15) is 6.61 Å². The highest BCUT2D eigenvalue weighted by atomic mass is 16.5. The molecule has 0 heterocycles. The quantitative estimate of drug-likeness (QED) is 0.662. The van der Waals surface area contributed by atoms with E-state index in [4.69, 9.17) is 9.47 Å². The predicted octanol–water partition coefficient (Wildman–Crippen LogP) is 4.94. The van der Waals surface area contributed by atoms with Crippen molar-refractivity contribution in [3.8, 4) is 22.6 Å². The van der Waals surface area contributed by atoms with Gasteiger partial charge in [-0.2, -0.15) is 0 Å². The van der Waals surface area contributed by atoms with Crippen LogP contribution in [0.3, 0.4) is 0 Å². The van der Waals surface area contributed by atoms with Gasteiger partial charge in [0.15, 0.2) is 11.5 Å². The molecule has 0 aromatic heterocycles. The van der Waals surface area contributed by atoms with Crippen molar-refractivity contribution in [2.24, 2.45) is 0 Å². The number of methoxy groups -OCH3 is 1. The minimum atomic E-state index is 0.523. The van der Waals surface area contributed by atoms with Gasteiger partial charge in [-0.3, -0.25) is 0 Å². The minimum Gasteiger partial charge on any atom is -0.493 e. The largest absolute Gasteiger partial charge is 0.493 e. The van der Waals surface area contributed by atoms with Gasteiger partial charge in [-0.05, 0) is 28.8 Å². The Balaban J connectivity index is 1.85. The molecule has 22 heavy (non-hydrogen) atoms. The fraction of sp³-hybridized carbons (Fsp3) is 0.100. The number of hydrogen-bond donors (Lipinski definition) is 0. The van der Waals surface area contributed by atoms with Crippen LogP contribution in [0.2, 0.25) is 0 Å². The van der Waals surface area contributed by atoms with Crippen molar-refractivity contribution in [1.29, 1.82) is 0 Å². The summed E-state index contributed by atoms with van der Waals surface area (Å²) in [6.07, 6.45) is 0. The molecule has 3 aromatic carbocycles. The van der Waals surface area contributed by atoms with Gasteiger partial charge in [-0.25, -0.2) is 0 Å². The summed E-state index contributed by atoms with van der Waals surface area (Å²) in [5.41, 5.74) is 3.41. The Morgan fingerprint density at radius 2 is 1.36 bits per heavy atom. The van der Waals surface area contributed by atoms with Crippen molar-refractivity contribution < 1.29 is 9.47 Å². The van der Waals surface area contributed by atoms with Crippen molar-refractivity contribution in [2.75, 3.05) is 7.11 Å². The number of benzene rings is 3. The van der Waals surface area contributed by atoms with E-state index in [1.54, 1.807) is 7.11 Å². The molecule has 2 nitrogen and oxygen atoms in total. The molecule has 0 radical (unpaired) electrons. The van der Waals surface area contributed by atoms with E-state index < -0.39 is 0 Å². The van der Waals surface area contributed by atoms with Crippen LogP contribution in [0, 0.1) is 0 Å². The van der Waals surface area contributed by atoms with Crippen molar-refractivity contribution >= 4 is 0 Å². The topological polar surface area (TPSA) is 18.5 Å². The Morgan fingerprint density at radius 1 is 0.682 bits per heavy atom. The molecule has 0 unspecified atom stereocenters. The molecular formula is C20H18O2. The minimum absolute atomic E-state index is 0.523. The zero-order valence-corrected chi connectivity index (χ0v) is 12.5. The monoisotopic (exact) mass is 290 g/mol. The molecule has 0 aliphatic heterocycles. The molecule has 0 N–H and O–H groups in total. The Morgan fingerprint density at radius 3 is 2.05 bits per heavy atom. The maximum Gasteiger partial charge on any atom is 0.162 e. The molecule has 0 fully saturated rings. The first-order valence-corrected chi connectivity index (χ1v) is 7.27. The summed E-state index contributed by atoms with van der Waals surface area (Å²) in [5, 5.41) is 0. The maximum atomic E-state index is 5.95. The molecule has 0 atom stereocenters. The van der Waals surface area contributed by atoms with E-state index >= 15 is 0 Å². The second kappa shape index (κ2) is 6.81. The van der Waals surface area contributed by atoms with Gasteiger partial charge >= 0.3 is 0 Å². The normalized spacial score (nSPS) is 10.2. The van der Waals surface area contributed by atoms with E-state index in [1.165, 1.54) is 0 Å². The van der Waals surface area contributed by atoms with Gasteiger partial charge < -0.3 is 9.47 Å². The summed E-state index contributed by atoms with van der Waals surface area (Å²) in [5.74, 6) is 1.50. The highest BCUT2D eigenvalue weighted by Crippen LogP contribution is 2.33. The smallest absolute Gasteiger partial charge is 0.162 e. The second-order valence-corrected chi connectivity index (χ2v) is 5.01. The first-order chi connectivity index (χ1) is 10.9. The molecule has 2 heteroatoms. The van der Waals surface area contributed by atoms with Crippen molar-refractivity contribution in [2.45, 2.75) is 6.61 Å². The van der Waals surface area contributed by atoms with Gasteiger partial charge in [-0.15, -0.1) is 0 Å². The Bertz CT molecular complexity index is 721. The van der Waals surface area contributed by atoms with Crippen molar-refractivity contribution in [3.05, 3.63) is 84.4 Å². The highest BCUT2D eigenvalue weighted by molar-refractivity contribution is 5.67. The zero-order valence-electron chi connectivity index (χ0n) is 12.5. The van der Waals surface area contributed by atoms with Gasteiger partial charge in [0, 0.05) is 0 Å². The fourth-order valence-corrected chi connectivity index (χ4v) is 2.33. The summed E-state index contributed by atoms with van der Waals surface area (Å²) in [6.45, 7) is 0.523. The molecule has 0 bridgehead atoms. The van der Waals surface area contributed by atoms with Crippen LogP contribution in [0.4, 0.5) is 0 Å². The first-order valence-electron chi connectivity index (χ1n) is 7.27. The fourth-order valence-electron chi connectivity index (χ4n) is 2.33. The first kappa shape index (κ1) is 14.2. The Kier molecular flexibility index (Phi) is 4.40. The van der Waals surface area contributed by atoms with E-state index in [-0.39, 0.29) is 0 Å². The molecular weight excluding hydrogens is 272 g/mol. The summed E-state index contributed by atoms with van der Waals surface area (Å²) >= 11 is 0. The van der Waals surface area contributed by atoms with E-state index in [1.807, 2.05) is 66.7 Å². The number of rotatable bonds is 5. The average molecular weight is 290 g/mol. The average Bonchev–Trinajstić information content (AvgIpc) is 2.61. The lowest BCUT2D eigenvalue weighted by Gasteiger charge is -2.12. The summed E-state index contributed by atoms with van der Waals surface area (Å²) in [6, 6.07) is 26.4. The lowest BCUT2D eigenvalue weighted by Crippen LogP contribution is -1.97. The van der Waals surface area contributed by atoms with Crippen LogP contribution in [-0.4, -0.2) is 7.11 Å². The van der Waals surface area contributed by atoms with E-state index in [9.17, 15) is 0 Å². The van der Waals surface area contributed by atoms with Gasteiger partial charge in [0.25, 0.3) is 0 Å². The third-order valence-electron chi connectivity index (χ3n) is 3.51. The third-order valence-corrected chi connectivity index (χ3v) is 3.51. The number of ether oxygens (including phenoxy) is 2. The Labute approximate surface area is 131 Å². The molecule has 110 valence electrons. The van der Waals surface area contributed by atoms with Crippen molar-refractivity contribution in [1.82, 2.24) is 0 Å². The molecule has 0 aliphatic rings. The van der Waals surface area contributed by atoms with Crippen LogP contribution in [0.15, 0.2) is 78.9 Å².